The molecule has 1 fully saturated rings. The van der Waals surface area contributed by atoms with Gasteiger partial charge in [-0.3, -0.25) is 9.89 Å². The number of hydrogen-bond donors (Lipinski definition) is 2. The molecule has 2 unspecified atom stereocenters. The second-order valence-corrected chi connectivity index (χ2v) is 6.21. The van der Waals surface area contributed by atoms with Crippen molar-refractivity contribution in [1.82, 2.24) is 10.2 Å². The summed E-state index contributed by atoms with van der Waals surface area (Å²) in [5.41, 5.74) is 6.79. The molecule has 1 heterocycles. The molecular weight excluding hydrogens is 430 g/mol. The summed E-state index contributed by atoms with van der Waals surface area (Å²) in [6.45, 7) is 4.52. The van der Waals surface area contributed by atoms with Gasteiger partial charge in [-0.15, -0.1) is 24.0 Å². The largest absolute Gasteiger partial charge is 0.370 e. The smallest absolute Gasteiger partial charge is 0.188 e. The van der Waals surface area contributed by atoms with E-state index in [1.54, 1.807) is 6.07 Å². The summed E-state index contributed by atoms with van der Waals surface area (Å²) in [5, 5.41) is 3.23. The van der Waals surface area contributed by atoms with Gasteiger partial charge in [-0.2, -0.15) is 0 Å². The minimum absolute atomic E-state index is 0. The number of nitrogens with one attached hydrogen (secondary N) is 1. The average Bonchev–Trinajstić information content (AvgIpc) is 2.87. The predicted octanol–water partition coefficient (Wildman–Crippen LogP) is 3.40. The van der Waals surface area contributed by atoms with E-state index in [1.165, 1.54) is 6.07 Å². The molecule has 1 aliphatic heterocycles. The monoisotopic (exact) mass is 454 g/mol. The Morgan fingerprint density at radius 1 is 1.52 bits per heavy atom. The van der Waals surface area contributed by atoms with Gasteiger partial charge in [0.25, 0.3) is 0 Å². The van der Waals surface area contributed by atoms with Gasteiger partial charge in [-0.05, 0) is 50.0 Å². The number of hydrogen-bond acceptors (Lipinski definition) is 2. The molecule has 2 atom stereocenters. The summed E-state index contributed by atoms with van der Waals surface area (Å²) in [5.74, 6) is 0.441. The highest BCUT2D eigenvalue weighted by molar-refractivity contribution is 14.0. The maximum absolute atomic E-state index is 13.7. The number of nitrogens with zero attached hydrogens (tertiary/aromatic N) is 2. The summed E-state index contributed by atoms with van der Waals surface area (Å²) >= 11 is 5.78. The molecule has 0 bridgehead atoms. The molecule has 23 heavy (non-hydrogen) atoms. The molecule has 0 aromatic heterocycles. The zero-order valence-electron chi connectivity index (χ0n) is 13.6. The number of halogens is 3. The number of benzene rings is 1. The molecule has 4 nitrogen and oxygen atoms in total. The predicted molar refractivity (Wildman–Crippen MR) is 105 cm³/mol. The van der Waals surface area contributed by atoms with Crippen LogP contribution in [0.3, 0.4) is 0 Å². The normalized spacial score (nSPS) is 22.0. The minimum Gasteiger partial charge on any atom is -0.370 e. The topological polar surface area (TPSA) is 53.6 Å². The summed E-state index contributed by atoms with van der Waals surface area (Å²) in [7, 11) is 2.06. The third-order valence-corrected chi connectivity index (χ3v) is 4.42. The first-order valence-electron chi connectivity index (χ1n) is 7.72. The van der Waals surface area contributed by atoms with Crippen molar-refractivity contribution in [3.05, 3.63) is 34.6 Å². The van der Waals surface area contributed by atoms with Crippen molar-refractivity contribution in [2.24, 2.45) is 16.6 Å². The van der Waals surface area contributed by atoms with Gasteiger partial charge < -0.3 is 11.1 Å². The van der Waals surface area contributed by atoms with Crippen LogP contribution in [0.4, 0.5) is 4.39 Å². The summed E-state index contributed by atoms with van der Waals surface area (Å²) in [6, 6.07) is 5.20. The molecule has 1 aromatic carbocycles. The summed E-state index contributed by atoms with van der Waals surface area (Å²) in [6.07, 6.45) is 2.03. The molecule has 130 valence electrons. The van der Waals surface area contributed by atoms with Crippen LogP contribution < -0.4 is 11.1 Å². The Balaban J connectivity index is 0.00000264. The molecule has 0 amide bonds. The van der Waals surface area contributed by atoms with Crippen LogP contribution in [-0.2, 0) is 0 Å². The number of aliphatic imine (C=N–C) groups is 1. The Bertz CT molecular complexity index is 541. The van der Waals surface area contributed by atoms with E-state index in [1.807, 2.05) is 6.07 Å². The first-order valence-corrected chi connectivity index (χ1v) is 8.09. The zero-order valence-corrected chi connectivity index (χ0v) is 16.6. The molecular formula is C16H25ClFIN4. The lowest BCUT2D eigenvalue weighted by Crippen LogP contribution is -2.33. The maximum atomic E-state index is 13.7. The number of nitrogens with two attached hydrogens (primary N) is 1. The molecule has 1 aliphatic rings. The first-order chi connectivity index (χ1) is 10.5. The first kappa shape index (κ1) is 20.4. The highest BCUT2D eigenvalue weighted by Crippen LogP contribution is 2.37. The molecule has 0 saturated carbocycles. The highest BCUT2D eigenvalue weighted by atomic mass is 127. The van der Waals surface area contributed by atoms with E-state index in [0.29, 0.717) is 18.4 Å². The van der Waals surface area contributed by atoms with Crippen molar-refractivity contribution in [1.29, 1.82) is 0 Å². The van der Waals surface area contributed by atoms with E-state index >= 15 is 0 Å². The molecule has 0 aliphatic carbocycles. The second-order valence-electron chi connectivity index (χ2n) is 5.80. The van der Waals surface area contributed by atoms with Crippen LogP contribution in [-0.4, -0.2) is 37.5 Å². The SMILES string of the molecule is CCCNC(N)=NCC1CCN(C)C1c1ccc(Cl)c(F)c1.I. The fourth-order valence-corrected chi connectivity index (χ4v) is 3.08. The Kier molecular flexibility index (Phi) is 8.57. The standard InChI is InChI=1S/C16H24ClFN4.HI/c1-3-7-20-16(19)21-10-12-6-8-22(2)15(12)11-4-5-13(17)14(18)9-11;/h4-5,9,12,15H,3,6-8,10H2,1-2H3,(H3,19,20,21);1H. The van der Waals surface area contributed by atoms with Crippen LogP contribution in [0, 0.1) is 11.7 Å². The highest BCUT2D eigenvalue weighted by Gasteiger charge is 2.33. The van der Waals surface area contributed by atoms with Crippen molar-refractivity contribution in [2.45, 2.75) is 25.8 Å². The molecule has 2 rings (SSSR count). The van der Waals surface area contributed by atoms with Crippen LogP contribution >= 0.6 is 35.6 Å². The third kappa shape index (κ3) is 5.46. The summed E-state index contributed by atoms with van der Waals surface area (Å²) in [4.78, 5) is 6.67. The average molecular weight is 455 g/mol. The molecule has 0 spiro atoms. The molecule has 1 aromatic rings. The molecule has 1 saturated heterocycles. The third-order valence-electron chi connectivity index (χ3n) is 4.11. The van der Waals surface area contributed by atoms with Gasteiger partial charge >= 0.3 is 0 Å². The van der Waals surface area contributed by atoms with E-state index in [-0.39, 0.29) is 40.9 Å². The lowest BCUT2D eigenvalue weighted by atomic mass is 9.94. The summed E-state index contributed by atoms with van der Waals surface area (Å²) < 4.78 is 13.7. The van der Waals surface area contributed by atoms with Gasteiger partial charge in [-0.25, -0.2) is 4.39 Å². The lowest BCUT2D eigenvalue weighted by Gasteiger charge is -2.25. The van der Waals surface area contributed by atoms with E-state index in [4.69, 9.17) is 17.3 Å². The van der Waals surface area contributed by atoms with Gasteiger partial charge in [0.15, 0.2) is 5.96 Å². The van der Waals surface area contributed by atoms with E-state index in [0.717, 1.165) is 31.5 Å². The number of guanidine groups is 1. The fourth-order valence-electron chi connectivity index (χ4n) is 2.97. The maximum Gasteiger partial charge on any atom is 0.188 e. The van der Waals surface area contributed by atoms with Crippen LogP contribution in [0.1, 0.15) is 31.4 Å². The molecule has 7 heteroatoms. The van der Waals surface area contributed by atoms with Crippen molar-refractivity contribution in [2.75, 3.05) is 26.7 Å². The van der Waals surface area contributed by atoms with Gasteiger partial charge in [-0.1, -0.05) is 24.6 Å². The van der Waals surface area contributed by atoms with Crippen LogP contribution in [0.25, 0.3) is 0 Å². The van der Waals surface area contributed by atoms with Crippen LogP contribution in [0.5, 0.6) is 0 Å². The van der Waals surface area contributed by atoms with Crippen molar-refractivity contribution in [3.8, 4) is 0 Å². The quantitative estimate of drug-likeness (QED) is 0.407. The minimum atomic E-state index is -0.370. The van der Waals surface area contributed by atoms with E-state index in [9.17, 15) is 4.39 Å². The molecule has 3 N–H and O–H groups in total. The number of likely N-dealkylation sites (tertiary alicyclic amines) is 1. The Morgan fingerprint density at radius 2 is 2.26 bits per heavy atom. The van der Waals surface area contributed by atoms with E-state index in [2.05, 4.69) is 29.2 Å². The van der Waals surface area contributed by atoms with E-state index < -0.39 is 0 Å². The second kappa shape index (κ2) is 9.64. The Morgan fingerprint density at radius 3 is 2.91 bits per heavy atom. The van der Waals surface area contributed by atoms with Gasteiger partial charge in [0.2, 0.25) is 0 Å². The van der Waals surface area contributed by atoms with Crippen molar-refractivity contribution >= 4 is 41.5 Å². The number of rotatable bonds is 5. The Hall–Kier alpha value is -0.600. The fraction of sp³-hybridized carbons (Fsp3) is 0.562. The van der Waals surface area contributed by atoms with Crippen molar-refractivity contribution in [3.63, 3.8) is 0 Å². The lowest BCUT2D eigenvalue weighted by molar-refractivity contribution is 0.279. The van der Waals surface area contributed by atoms with Crippen LogP contribution in [0.2, 0.25) is 5.02 Å². The van der Waals surface area contributed by atoms with Crippen LogP contribution in [0.15, 0.2) is 23.2 Å². The van der Waals surface area contributed by atoms with Gasteiger partial charge in [0.1, 0.15) is 5.82 Å². The van der Waals surface area contributed by atoms with Crippen molar-refractivity contribution < 1.29 is 4.39 Å². The van der Waals surface area contributed by atoms with Gasteiger partial charge in [0.05, 0.1) is 5.02 Å². The zero-order chi connectivity index (χ0) is 16.1. The molecule has 0 radical (unpaired) electrons. The van der Waals surface area contributed by atoms with Gasteiger partial charge in [0, 0.05) is 19.1 Å². The Labute approximate surface area is 159 Å².